The number of aryl methyl sites for hydroxylation is 2. The number of carbonyl (C=O) groups is 1. The first-order chi connectivity index (χ1) is 8.66. The van der Waals surface area contributed by atoms with Crippen LogP contribution in [0.25, 0.3) is 0 Å². The Morgan fingerprint density at radius 3 is 2.83 bits per heavy atom. The smallest absolute Gasteiger partial charge is 0.225 e. The summed E-state index contributed by atoms with van der Waals surface area (Å²) in [5, 5.41) is 6.66. The molecule has 0 atom stereocenters. The van der Waals surface area contributed by atoms with Crippen molar-refractivity contribution in [1.82, 2.24) is 9.78 Å². The van der Waals surface area contributed by atoms with Crippen molar-refractivity contribution in [1.29, 1.82) is 0 Å². The van der Waals surface area contributed by atoms with E-state index in [-0.39, 0.29) is 18.1 Å². The Bertz CT molecular complexity index is 551. The summed E-state index contributed by atoms with van der Waals surface area (Å²) in [4.78, 5) is 11.7. The summed E-state index contributed by atoms with van der Waals surface area (Å²) in [6.07, 6.45) is 2.23. The molecule has 0 bridgehead atoms. The molecule has 2 aromatic rings. The number of halogens is 1. The van der Waals surface area contributed by atoms with E-state index in [1.165, 1.54) is 6.07 Å². The molecule has 0 spiro atoms. The van der Waals surface area contributed by atoms with E-state index in [2.05, 4.69) is 10.4 Å². The van der Waals surface area contributed by atoms with Gasteiger partial charge in [-0.3, -0.25) is 9.48 Å². The molecule has 1 aromatic heterocycles. The predicted octanol–water partition coefficient (Wildman–Crippen LogP) is 2.13. The average molecular weight is 247 g/mol. The van der Waals surface area contributed by atoms with Crippen molar-refractivity contribution in [2.45, 2.75) is 12.8 Å². The molecule has 1 amide bonds. The van der Waals surface area contributed by atoms with Crippen molar-refractivity contribution in [2.24, 2.45) is 7.05 Å². The monoisotopic (exact) mass is 247 g/mol. The fraction of sp³-hybridized carbons (Fsp3) is 0.231. The number of carbonyl (C=O) groups excluding carboxylic acids is 1. The summed E-state index contributed by atoms with van der Waals surface area (Å²) in [5.74, 6) is 0.209. The van der Waals surface area contributed by atoms with E-state index >= 15 is 0 Å². The number of hydrogen-bond donors (Lipinski definition) is 1. The largest absolute Gasteiger partial charge is 0.311 e. The highest BCUT2D eigenvalue weighted by atomic mass is 19.1. The molecule has 94 valence electrons. The molecule has 0 aliphatic carbocycles. The minimum absolute atomic E-state index is 0.151. The highest BCUT2D eigenvalue weighted by Gasteiger charge is 2.07. The Morgan fingerprint density at radius 1 is 1.39 bits per heavy atom. The molecule has 5 heteroatoms. The third kappa shape index (κ3) is 2.94. The maximum atomic E-state index is 13.3. The molecule has 1 aromatic carbocycles. The number of hydrogen-bond acceptors (Lipinski definition) is 2. The second-order valence-corrected chi connectivity index (χ2v) is 3.98. The van der Waals surface area contributed by atoms with E-state index in [1.54, 1.807) is 42.2 Å². The molecule has 0 fully saturated rings. The molecule has 18 heavy (non-hydrogen) atoms. The third-order valence-electron chi connectivity index (χ3n) is 2.67. The van der Waals surface area contributed by atoms with Crippen molar-refractivity contribution in [3.05, 3.63) is 47.9 Å². The van der Waals surface area contributed by atoms with Gasteiger partial charge in [-0.1, -0.05) is 18.2 Å². The summed E-state index contributed by atoms with van der Waals surface area (Å²) in [7, 11) is 1.74. The molecule has 0 unspecified atom stereocenters. The molecule has 1 N–H and O–H groups in total. The van der Waals surface area contributed by atoms with Gasteiger partial charge in [0.25, 0.3) is 0 Å². The van der Waals surface area contributed by atoms with E-state index in [9.17, 15) is 9.18 Å². The van der Waals surface area contributed by atoms with Crippen LogP contribution in [-0.4, -0.2) is 15.7 Å². The highest BCUT2D eigenvalue weighted by molar-refractivity contribution is 5.89. The normalized spacial score (nSPS) is 10.3. The first-order valence-corrected chi connectivity index (χ1v) is 5.68. The maximum absolute atomic E-state index is 13.3. The van der Waals surface area contributed by atoms with Gasteiger partial charge in [0.15, 0.2) is 0 Å². The molecule has 0 aliphatic heterocycles. The SMILES string of the molecule is Cn1nccc1NC(=O)CCc1ccccc1F. The van der Waals surface area contributed by atoms with Crippen molar-refractivity contribution in [3.8, 4) is 0 Å². The van der Waals surface area contributed by atoms with Crippen LogP contribution < -0.4 is 5.32 Å². The van der Waals surface area contributed by atoms with E-state index in [0.717, 1.165) is 0 Å². The number of anilines is 1. The number of amides is 1. The van der Waals surface area contributed by atoms with E-state index in [1.807, 2.05) is 0 Å². The lowest BCUT2D eigenvalue weighted by Gasteiger charge is -2.05. The first kappa shape index (κ1) is 12.3. The quantitative estimate of drug-likeness (QED) is 0.899. The van der Waals surface area contributed by atoms with Crippen LogP contribution in [0.5, 0.6) is 0 Å². The molecule has 2 rings (SSSR count). The molecule has 0 aliphatic rings. The second-order valence-electron chi connectivity index (χ2n) is 3.98. The second kappa shape index (κ2) is 5.44. The lowest BCUT2D eigenvalue weighted by Crippen LogP contribution is -2.15. The number of aromatic nitrogens is 2. The van der Waals surface area contributed by atoms with E-state index < -0.39 is 0 Å². The van der Waals surface area contributed by atoms with Gasteiger partial charge in [0, 0.05) is 19.5 Å². The van der Waals surface area contributed by atoms with Crippen LogP contribution in [0, 0.1) is 5.82 Å². The fourth-order valence-electron chi connectivity index (χ4n) is 1.65. The van der Waals surface area contributed by atoms with Gasteiger partial charge in [-0.2, -0.15) is 5.10 Å². The minimum atomic E-state index is -0.272. The number of rotatable bonds is 4. The van der Waals surface area contributed by atoms with Crippen LogP contribution in [0.15, 0.2) is 36.5 Å². The number of nitrogens with one attached hydrogen (secondary N) is 1. The highest BCUT2D eigenvalue weighted by Crippen LogP contribution is 2.10. The Kier molecular flexibility index (Phi) is 3.72. The summed E-state index contributed by atoms with van der Waals surface area (Å²) < 4.78 is 14.9. The summed E-state index contributed by atoms with van der Waals surface area (Å²) >= 11 is 0. The summed E-state index contributed by atoms with van der Waals surface area (Å²) in [6.45, 7) is 0. The number of nitrogens with zero attached hydrogens (tertiary/aromatic N) is 2. The van der Waals surface area contributed by atoms with Crippen LogP contribution in [0.2, 0.25) is 0 Å². The van der Waals surface area contributed by atoms with Gasteiger partial charge in [-0.15, -0.1) is 0 Å². The van der Waals surface area contributed by atoms with Crippen LogP contribution >= 0.6 is 0 Å². The molecular formula is C13H14FN3O. The van der Waals surface area contributed by atoms with Crippen molar-refractivity contribution in [2.75, 3.05) is 5.32 Å². The Labute approximate surface area is 104 Å². The number of benzene rings is 1. The van der Waals surface area contributed by atoms with Gasteiger partial charge in [-0.05, 0) is 18.1 Å². The van der Waals surface area contributed by atoms with E-state index in [4.69, 9.17) is 0 Å². The standard InChI is InChI=1S/C13H14FN3O/c1-17-12(8-9-15-17)16-13(18)7-6-10-4-2-3-5-11(10)14/h2-5,8-9H,6-7H2,1H3,(H,16,18). The molecule has 0 saturated carbocycles. The van der Waals surface area contributed by atoms with Gasteiger partial charge >= 0.3 is 0 Å². The van der Waals surface area contributed by atoms with Gasteiger partial charge in [0.2, 0.25) is 5.91 Å². The van der Waals surface area contributed by atoms with Crippen LogP contribution in [0.4, 0.5) is 10.2 Å². The topological polar surface area (TPSA) is 46.9 Å². The van der Waals surface area contributed by atoms with Crippen molar-refractivity contribution < 1.29 is 9.18 Å². The summed E-state index contributed by atoms with van der Waals surface area (Å²) in [6, 6.07) is 8.19. The average Bonchev–Trinajstić information content (AvgIpc) is 2.74. The first-order valence-electron chi connectivity index (χ1n) is 5.68. The Morgan fingerprint density at radius 2 is 2.17 bits per heavy atom. The van der Waals surface area contributed by atoms with Crippen LogP contribution in [0.3, 0.4) is 0 Å². The third-order valence-corrected chi connectivity index (χ3v) is 2.67. The zero-order valence-electron chi connectivity index (χ0n) is 10.1. The Balaban J connectivity index is 1.90. The predicted molar refractivity (Wildman–Crippen MR) is 66.6 cm³/mol. The van der Waals surface area contributed by atoms with Gasteiger partial charge in [-0.25, -0.2) is 4.39 Å². The van der Waals surface area contributed by atoms with Crippen molar-refractivity contribution in [3.63, 3.8) is 0 Å². The fourth-order valence-corrected chi connectivity index (χ4v) is 1.65. The molecular weight excluding hydrogens is 233 g/mol. The lowest BCUT2D eigenvalue weighted by molar-refractivity contribution is -0.116. The zero-order valence-corrected chi connectivity index (χ0v) is 10.1. The lowest BCUT2D eigenvalue weighted by atomic mass is 10.1. The van der Waals surface area contributed by atoms with E-state index in [0.29, 0.717) is 17.8 Å². The van der Waals surface area contributed by atoms with Gasteiger partial charge in [0.05, 0.1) is 6.20 Å². The molecule has 0 saturated heterocycles. The maximum Gasteiger partial charge on any atom is 0.225 e. The van der Waals surface area contributed by atoms with Crippen LogP contribution in [-0.2, 0) is 18.3 Å². The molecule has 4 nitrogen and oxygen atoms in total. The van der Waals surface area contributed by atoms with Crippen molar-refractivity contribution >= 4 is 11.7 Å². The summed E-state index contributed by atoms with van der Waals surface area (Å²) in [5.41, 5.74) is 0.553. The molecule has 1 heterocycles. The minimum Gasteiger partial charge on any atom is -0.311 e. The van der Waals surface area contributed by atoms with Gasteiger partial charge < -0.3 is 5.32 Å². The van der Waals surface area contributed by atoms with Crippen LogP contribution in [0.1, 0.15) is 12.0 Å². The zero-order chi connectivity index (χ0) is 13.0. The molecule has 0 radical (unpaired) electrons. The van der Waals surface area contributed by atoms with Gasteiger partial charge in [0.1, 0.15) is 11.6 Å². The Hall–Kier alpha value is -2.17.